The summed E-state index contributed by atoms with van der Waals surface area (Å²) in [6.45, 7) is 2.29. The predicted octanol–water partition coefficient (Wildman–Crippen LogP) is 6.59. The van der Waals surface area contributed by atoms with Crippen LogP contribution in [0.1, 0.15) is 86.6 Å². The van der Waals surface area contributed by atoms with Gasteiger partial charge in [-0.3, -0.25) is 4.98 Å². The number of aryl methyl sites for hydroxylation is 2. The van der Waals surface area contributed by atoms with Crippen LogP contribution in [-0.4, -0.2) is 4.98 Å². The Bertz CT molecular complexity index is 716. The van der Waals surface area contributed by atoms with Crippen LogP contribution in [-0.2, 0) is 12.8 Å². The first-order valence-electron chi connectivity index (χ1n) is 10.7. The summed E-state index contributed by atoms with van der Waals surface area (Å²) in [4.78, 5) is 4.37. The molecule has 3 rings (SSSR count). The second-order valence-corrected chi connectivity index (χ2v) is 8.11. The lowest BCUT2D eigenvalue weighted by molar-refractivity contribution is 0.303. The molecular weight excluding hydrogens is 328 g/mol. The van der Waals surface area contributed by atoms with Gasteiger partial charge in [-0.05, 0) is 73.6 Å². The highest BCUT2D eigenvalue weighted by atomic mass is 14.7. The Morgan fingerprint density at radius 2 is 1.74 bits per heavy atom. The maximum Gasteiger partial charge on any atom is 0.101 e. The lowest BCUT2D eigenvalue weighted by atomic mass is 9.77. The van der Waals surface area contributed by atoms with Crippen LogP contribution in [0.3, 0.4) is 0 Å². The quantitative estimate of drug-likeness (QED) is 0.498. The Labute approximate surface area is 164 Å². The first-order valence-corrected chi connectivity index (χ1v) is 10.7. The van der Waals surface area contributed by atoms with Crippen LogP contribution in [0.2, 0.25) is 0 Å². The zero-order valence-electron chi connectivity index (χ0n) is 16.7. The molecule has 1 saturated carbocycles. The molecule has 142 valence electrons. The standard InChI is InChI=1S/C25H32N2/c1-2-3-4-5-20-6-12-23(13-7-20)24-14-8-21(9-15-24)10-16-25-17-11-22(18-26)19-27-25/h8-9,11,14-15,17,19-20,23H,2-7,10,12-13,16H2,1H3/t20-,23-. The molecule has 1 aliphatic carbocycles. The molecule has 2 aromatic rings. The van der Waals surface area contributed by atoms with Crippen LogP contribution < -0.4 is 0 Å². The number of nitriles is 1. The van der Waals surface area contributed by atoms with E-state index in [4.69, 9.17) is 5.26 Å². The average Bonchev–Trinajstić information content (AvgIpc) is 2.74. The number of benzene rings is 1. The van der Waals surface area contributed by atoms with E-state index in [2.05, 4.69) is 42.2 Å². The molecule has 0 spiro atoms. The molecule has 0 N–H and O–H groups in total. The van der Waals surface area contributed by atoms with Crippen molar-refractivity contribution in [2.75, 3.05) is 0 Å². The van der Waals surface area contributed by atoms with Gasteiger partial charge < -0.3 is 0 Å². The highest BCUT2D eigenvalue weighted by Crippen LogP contribution is 2.37. The van der Waals surface area contributed by atoms with E-state index in [0.29, 0.717) is 5.56 Å². The van der Waals surface area contributed by atoms with Gasteiger partial charge in [-0.1, -0.05) is 56.9 Å². The molecule has 1 aromatic heterocycles. The Morgan fingerprint density at radius 3 is 2.37 bits per heavy atom. The smallest absolute Gasteiger partial charge is 0.101 e. The SMILES string of the molecule is CCCCC[C@H]1CC[C@H](c2ccc(CCc3ccc(C#N)cn3)cc2)CC1. The van der Waals surface area contributed by atoms with Gasteiger partial charge in [-0.2, -0.15) is 5.26 Å². The summed E-state index contributed by atoms with van der Waals surface area (Å²) in [6, 6.07) is 15.2. The fourth-order valence-corrected chi connectivity index (χ4v) is 4.33. The van der Waals surface area contributed by atoms with Crippen LogP contribution in [0.5, 0.6) is 0 Å². The van der Waals surface area contributed by atoms with Gasteiger partial charge in [0.2, 0.25) is 0 Å². The molecule has 0 aliphatic heterocycles. The topological polar surface area (TPSA) is 36.7 Å². The van der Waals surface area contributed by atoms with Gasteiger partial charge in [0.1, 0.15) is 6.07 Å². The number of nitrogens with zero attached hydrogens (tertiary/aromatic N) is 2. The molecule has 2 heteroatoms. The largest absolute Gasteiger partial charge is 0.260 e. The van der Waals surface area contributed by atoms with Crippen LogP contribution in [0, 0.1) is 17.2 Å². The molecule has 2 nitrogen and oxygen atoms in total. The first kappa shape index (κ1) is 19.6. The summed E-state index contributed by atoms with van der Waals surface area (Å²) >= 11 is 0. The van der Waals surface area contributed by atoms with Gasteiger partial charge in [0.15, 0.2) is 0 Å². The molecule has 1 aromatic carbocycles. The van der Waals surface area contributed by atoms with Crippen LogP contribution in [0.15, 0.2) is 42.6 Å². The van der Waals surface area contributed by atoms with Crippen molar-refractivity contribution in [3.05, 3.63) is 65.0 Å². The number of rotatable bonds is 8. The molecule has 0 radical (unpaired) electrons. The monoisotopic (exact) mass is 360 g/mol. The molecule has 0 atom stereocenters. The number of hydrogen-bond acceptors (Lipinski definition) is 2. The van der Waals surface area contributed by atoms with Crippen molar-refractivity contribution in [1.82, 2.24) is 4.98 Å². The van der Waals surface area contributed by atoms with Gasteiger partial charge in [0.25, 0.3) is 0 Å². The fourth-order valence-electron chi connectivity index (χ4n) is 4.33. The number of aromatic nitrogens is 1. The fraction of sp³-hybridized carbons (Fsp3) is 0.520. The molecule has 1 heterocycles. The van der Waals surface area contributed by atoms with Gasteiger partial charge in [-0.15, -0.1) is 0 Å². The molecule has 0 saturated heterocycles. The summed E-state index contributed by atoms with van der Waals surface area (Å²) < 4.78 is 0. The predicted molar refractivity (Wildman–Crippen MR) is 112 cm³/mol. The van der Waals surface area contributed by atoms with E-state index in [0.717, 1.165) is 30.4 Å². The van der Waals surface area contributed by atoms with Gasteiger partial charge in [-0.25, -0.2) is 0 Å². The summed E-state index contributed by atoms with van der Waals surface area (Å²) in [7, 11) is 0. The van der Waals surface area contributed by atoms with E-state index in [1.165, 1.54) is 62.5 Å². The van der Waals surface area contributed by atoms with Gasteiger partial charge in [0.05, 0.1) is 5.56 Å². The van der Waals surface area contributed by atoms with Crippen molar-refractivity contribution in [3.63, 3.8) is 0 Å². The second-order valence-electron chi connectivity index (χ2n) is 8.11. The van der Waals surface area contributed by atoms with Crippen LogP contribution >= 0.6 is 0 Å². The highest BCUT2D eigenvalue weighted by molar-refractivity contribution is 5.28. The van der Waals surface area contributed by atoms with Crippen molar-refractivity contribution in [2.45, 2.75) is 77.0 Å². The minimum Gasteiger partial charge on any atom is -0.260 e. The van der Waals surface area contributed by atoms with Crippen molar-refractivity contribution in [3.8, 4) is 6.07 Å². The molecule has 1 aliphatic rings. The summed E-state index contributed by atoms with van der Waals surface area (Å²) in [5, 5.41) is 8.84. The molecule has 27 heavy (non-hydrogen) atoms. The van der Waals surface area contributed by atoms with Gasteiger partial charge >= 0.3 is 0 Å². The Hall–Kier alpha value is -2.14. The van der Waals surface area contributed by atoms with Gasteiger partial charge in [0, 0.05) is 11.9 Å². The third-order valence-corrected chi connectivity index (χ3v) is 6.14. The molecule has 0 amide bonds. The van der Waals surface area contributed by atoms with Crippen LogP contribution in [0.25, 0.3) is 0 Å². The first-order chi connectivity index (χ1) is 13.3. The molecule has 0 unspecified atom stereocenters. The molecule has 1 fully saturated rings. The Balaban J connectivity index is 1.45. The third-order valence-electron chi connectivity index (χ3n) is 6.14. The van der Waals surface area contributed by atoms with Crippen molar-refractivity contribution in [2.24, 2.45) is 5.92 Å². The minimum absolute atomic E-state index is 0.628. The van der Waals surface area contributed by atoms with Crippen molar-refractivity contribution >= 4 is 0 Å². The van der Waals surface area contributed by atoms with Crippen molar-refractivity contribution in [1.29, 1.82) is 5.26 Å². The lowest BCUT2D eigenvalue weighted by Gasteiger charge is -2.29. The van der Waals surface area contributed by atoms with E-state index in [9.17, 15) is 0 Å². The Morgan fingerprint density at radius 1 is 0.963 bits per heavy atom. The average molecular weight is 361 g/mol. The molecule has 0 bridgehead atoms. The summed E-state index contributed by atoms with van der Waals surface area (Å²) in [6.07, 6.45) is 14.8. The number of pyridine rings is 1. The highest BCUT2D eigenvalue weighted by Gasteiger charge is 2.21. The van der Waals surface area contributed by atoms with E-state index in [-0.39, 0.29) is 0 Å². The maximum absolute atomic E-state index is 8.84. The van der Waals surface area contributed by atoms with Crippen LogP contribution in [0.4, 0.5) is 0 Å². The zero-order valence-corrected chi connectivity index (χ0v) is 16.7. The van der Waals surface area contributed by atoms with E-state index in [1.54, 1.807) is 6.20 Å². The summed E-state index contributed by atoms with van der Waals surface area (Å²) in [5.74, 6) is 1.74. The molecular formula is C25H32N2. The maximum atomic E-state index is 8.84. The Kier molecular flexibility index (Phi) is 7.45. The minimum atomic E-state index is 0.628. The summed E-state index contributed by atoms with van der Waals surface area (Å²) in [5.41, 5.74) is 4.59. The van der Waals surface area contributed by atoms with E-state index >= 15 is 0 Å². The number of hydrogen-bond donors (Lipinski definition) is 0. The van der Waals surface area contributed by atoms with E-state index in [1.807, 2.05) is 12.1 Å². The second kappa shape index (κ2) is 10.3. The van der Waals surface area contributed by atoms with Crippen molar-refractivity contribution < 1.29 is 0 Å². The normalized spacial score (nSPS) is 19.6. The zero-order chi connectivity index (χ0) is 18.9. The van der Waals surface area contributed by atoms with E-state index < -0.39 is 0 Å². The lowest BCUT2D eigenvalue weighted by Crippen LogP contribution is -2.13. The third kappa shape index (κ3) is 5.93. The number of unbranched alkanes of at least 4 members (excludes halogenated alkanes) is 2.